The van der Waals surface area contributed by atoms with Gasteiger partial charge in [0.2, 0.25) is 0 Å². The van der Waals surface area contributed by atoms with E-state index >= 15 is 0 Å². The van der Waals surface area contributed by atoms with Crippen LogP contribution in [0.5, 0.6) is 11.5 Å². The smallest absolute Gasteiger partial charge is 0.250 e. The summed E-state index contributed by atoms with van der Waals surface area (Å²) in [6, 6.07) is 5.74. The SMILES string of the molecule is COc1ccc(C=Cc2nc(CC3CCCCC3)no2)cc1OC. The number of rotatable bonds is 6. The van der Waals surface area contributed by atoms with E-state index in [-0.39, 0.29) is 0 Å². The lowest BCUT2D eigenvalue weighted by molar-refractivity contribution is 0.342. The molecule has 0 bridgehead atoms. The monoisotopic (exact) mass is 328 g/mol. The second-order valence-electron chi connectivity index (χ2n) is 6.20. The quantitative estimate of drug-likeness (QED) is 0.787. The Bertz CT molecular complexity index is 688. The zero-order valence-corrected chi connectivity index (χ0v) is 14.3. The minimum atomic E-state index is 0.538. The Morgan fingerprint density at radius 3 is 2.62 bits per heavy atom. The van der Waals surface area contributed by atoms with Gasteiger partial charge in [-0.2, -0.15) is 4.98 Å². The topological polar surface area (TPSA) is 57.4 Å². The second kappa shape index (κ2) is 7.99. The maximum Gasteiger partial charge on any atom is 0.250 e. The van der Waals surface area contributed by atoms with Gasteiger partial charge in [0.25, 0.3) is 5.89 Å². The molecule has 5 heteroatoms. The highest BCUT2D eigenvalue weighted by atomic mass is 16.5. The molecule has 128 valence electrons. The molecule has 0 radical (unpaired) electrons. The molecule has 0 N–H and O–H groups in total. The van der Waals surface area contributed by atoms with E-state index < -0.39 is 0 Å². The van der Waals surface area contributed by atoms with Crippen LogP contribution in [-0.4, -0.2) is 24.4 Å². The van der Waals surface area contributed by atoms with Gasteiger partial charge in [-0.05, 0) is 29.7 Å². The summed E-state index contributed by atoms with van der Waals surface area (Å²) in [5.41, 5.74) is 0.986. The van der Waals surface area contributed by atoms with Gasteiger partial charge in [0.15, 0.2) is 17.3 Å². The molecule has 1 saturated carbocycles. The lowest BCUT2D eigenvalue weighted by Crippen LogP contribution is -2.10. The van der Waals surface area contributed by atoms with Crippen LogP contribution in [0.3, 0.4) is 0 Å². The van der Waals surface area contributed by atoms with E-state index in [9.17, 15) is 0 Å². The Balaban J connectivity index is 1.64. The van der Waals surface area contributed by atoms with Crippen LogP contribution in [0.2, 0.25) is 0 Å². The first-order valence-electron chi connectivity index (χ1n) is 8.51. The summed E-state index contributed by atoms with van der Waals surface area (Å²) in [5.74, 6) is 3.47. The fourth-order valence-electron chi connectivity index (χ4n) is 3.19. The van der Waals surface area contributed by atoms with E-state index in [0.717, 1.165) is 17.8 Å². The van der Waals surface area contributed by atoms with Gasteiger partial charge in [-0.1, -0.05) is 43.3 Å². The summed E-state index contributed by atoms with van der Waals surface area (Å²) < 4.78 is 15.9. The van der Waals surface area contributed by atoms with Gasteiger partial charge in [-0.3, -0.25) is 0 Å². The zero-order chi connectivity index (χ0) is 16.8. The number of methoxy groups -OCH3 is 2. The molecular weight excluding hydrogens is 304 g/mol. The zero-order valence-electron chi connectivity index (χ0n) is 14.3. The van der Waals surface area contributed by atoms with Crippen molar-refractivity contribution in [1.29, 1.82) is 0 Å². The predicted molar refractivity (Wildman–Crippen MR) is 93.1 cm³/mol. The van der Waals surface area contributed by atoms with Crippen molar-refractivity contribution in [2.75, 3.05) is 14.2 Å². The van der Waals surface area contributed by atoms with E-state index in [4.69, 9.17) is 14.0 Å². The van der Waals surface area contributed by atoms with Crippen LogP contribution in [0, 0.1) is 5.92 Å². The largest absolute Gasteiger partial charge is 0.493 e. The predicted octanol–water partition coefficient (Wildman–Crippen LogP) is 4.38. The van der Waals surface area contributed by atoms with Crippen LogP contribution in [0.4, 0.5) is 0 Å². The summed E-state index contributed by atoms with van der Waals surface area (Å²) in [7, 11) is 3.25. The van der Waals surface area contributed by atoms with Gasteiger partial charge in [0.05, 0.1) is 14.2 Å². The molecule has 1 aromatic carbocycles. The standard InChI is InChI=1S/C19H24N2O3/c1-22-16-10-8-15(12-17(16)23-2)9-11-19-20-18(21-24-19)13-14-6-4-3-5-7-14/h8-12,14H,3-7,13H2,1-2H3. The molecule has 1 aromatic heterocycles. The van der Waals surface area contributed by atoms with Gasteiger partial charge < -0.3 is 14.0 Å². The molecular formula is C19H24N2O3. The summed E-state index contributed by atoms with van der Waals surface area (Å²) in [6.45, 7) is 0. The van der Waals surface area contributed by atoms with E-state index in [0.29, 0.717) is 23.3 Å². The van der Waals surface area contributed by atoms with Crippen LogP contribution in [0.25, 0.3) is 12.2 Å². The number of hydrogen-bond donors (Lipinski definition) is 0. The van der Waals surface area contributed by atoms with Crippen LogP contribution < -0.4 is 9.47 Å². The Morgan fingerprint density at radius 2 is 1.88 bits per heavy atom. The fraction of sp³-hybridized carbons (Fsp3) is 0.474. The third-order valence-corrected chi connectivity index (χ3v) is 4.51. The Kier molecular flexibility index (Phi) is 5.51. The number of hydrogen-bond acceptors (Lipinski definition) is 5. The fourth-order valence-corrected chi connectivity index (χ4v) is 3.19. The maximum atomic E-state index is 5.33. The van der Waals surface area contributed by atoms with Gasteiger partial charge >= 0.3 is 0 Å². The maximum absolute atomic E-state index is 5.33. The van der Waals surface area contributed by atoms with Crippen molar-refractivity contribution in [3.8, 4) is 11.5 Å². The Morgan fingerprint density at radius 1 is 1.08 bits per heavy atom. The molecule has 0 amide bonds. The van der Waals surface area contributed by atoms with Gasteiger partial charge in [-0.25, -0.2) is 0 Å². The average Bonchev–Trinajstić information content (AvgIpc) is 3.08. The lowest BCUT2D eigenvalue weighted by Gasteiger charge is -2.19. The van der Waals surface area contributed by atoms with Crippen molar-refractivity contribution in [3.05, 3.63) is 35.5 Å². The van der Waals surface area contributed by atoms with Crippen LogP contribution in [0.1, 0.15) is 49.4 Å². The molecule has 0 saturated heterocycles. The number of nitrogens with zero attached hydrogens (tertiary/aromatic N) is 2. The Hall–Kier alpha value is -2.30. The minimum absolute atomic E-state index is 0.538. The van der Waals surface area contributed by atoms with Crippen molar-refractivity contribution in [2.24, 2.45) is 5.92 Å². The molecule has 0 unspecified atom stereocenters. The van der Waals surface area contributed by atoms with E-state index in [2.05, 4.69) is 10.1 Å². The third-order valence-electron chi connectivity index (χ3n) is 4.51. The normalized spacial score (nSPS) is 15.8. The molecule has 2 aromatic rings. The Labute approximate surface area is 142 Å². The summed E-state index contributed by atoms with van der Waals surface area (Å²) in [6.07, 6.45) is 11.3. The first-order valence-corrected chi connectivity index (χ1v) is 8.51. The average molecular weight is 328 g/mol. The van der Waals surface area contributed by atoms with Crippen LogP contribution in [0.15, 0.2) is 22.7 Å². The third kappa shape index (κ3) is 4.16. The first kappa shape index (κ1) is 16.6. The van der Waals surface area contributed by atoms with Crippen molar-refractivity contribution in [2.45, 2.75) is 38.5 Å². The summed E-state index contributed by atoms with van der Waals surface area (Å²) in [5, 5.41) is 4.10. The molecule has 5 nitrogen and oxygen atoms in total. The van der Waals surface area contributed by atoms with E-state index in [1.54, 1.807) is 14.2 Å². The van der Waals surface area contributed by atoms with Gasteiger partial charge in [0.1, 0.15) is 0 Å². The highest BCUT2D eigenvalue weighted by molar-refractivity contribution is 5.67. The molecule has 0 spiro atoms. The van der Waals surface area contributed by atoms with Crippen LogP contribution >= 0.6 is 0 Å². The summed E-state index contributed by atoms with van der Waals surface area (Å²) >= 11 is 0. The van der Waals surface area contributed by atoms with E-state index in [1.165, 1.54) is 32.1 Å². The highest BCUT2D eigenvalue weighted by Gasteiger charge is 2.16. The van der Waals surface area contributed by atoms with Crippen molar-refractivity contribution < 1.29 is 14.0 Å². The van der Waals surface area contributed by atoms with Gasteiger partial charge in [-0.15, -0.1) is 0 Å². The molecule has 24 heavy (non-hydrogen) atoms. The van der Waals surface area contributed by atoms with Gasteiger partial charge in [0, 0.05) is 12.5 Å². The second-order valence-corrected chi connectivity index (χ2v) is 6.20. The van der Waals surface area contributed by atoms with Crippen molar-refractivity contribution in [3.63, 3.8) is 0 Å². The van der Waals surface area contributed by atoms with Crippen LogP contribution in [-0.2, 0) is 6.42 Å². The molecule has 1 aliphatic rings. The van der Waals surface area contributed by atoms with Crippen molar-refractivity contribution >= 4 is 12.2 Å². The number of aromatic nitrogens is 2. The molecule has 0 aliphatic heterocycles. The highest BCUT2D eigenvalue weighted by Crippen LogP contribution is 2.28. The molecule has 1 aliphatic carbocycles. The summed E-state index contributed by atoms with van der Waals surface area (Å²) in [4.78, 5) is 4.48. The van der Waals surface area contributed by atoms with Crippen molar-refractivity contribution in [1.82, 2.24) is 10.1 Å². The molecule has 1 fully saturated rings. The molecule has 1 heterocycles. The minimum Gasteiger partial charge on any atom is -0.493 e. The molecule has 0 atom stereocenters. The first-order chi connectivity index (χ1) is 11.8. The molecule has 3 rings (SSSR count). The van der Waals surface area contributed by atoms with E-state index in [1.807, 2.05) is 30.4 Å². The number of ether oxygens (including phenoxy) is 2. The number of benzene rings is 1. The lowest BCUT2D eigenvalue weighted by atomic mass is 9.87.